The van der Waals surface area contributed by atoms with E-state index in [1.165, 1.54) is 5.56 Å². The molecule has 0 saturated heterocycles. The molecule has 0 aliphatic carbocycles. The Morgan fingerprint density at radius 2 is 1.07 bits per heavy atom. The zero-order valence-electron chi connectivity index (χ0n) is 16.9. The van der Waals surface area contributed by atoms with Crippen LogP contribution < -0.4 is 0 Å². The molecule has 164 valence electrons. The van der Waals surface area contributed by atoms with Crippen molar-refractivity contribution in [3.63, 3.8) is 0 Å². The Bertz CT molecular complexity index is 553. The second-order valence-electron chi connectivity index (χ2n) is 7.85. The first-order chi connectivity index (χ1) is 11.5. The van der Waals surface area contributed by atoms with Gasteiger partial charge in [-0.25, -0.2) is 0 Å². The first-order valence-electron chi connectivity index (χ1n) is 8.24. The minimum absolute atomic E-state index is 0. The van der Waals surface area contributed by atoms with Crippen molar-refractivity contribution in [2.24, 2.45) is 0 Å². The smallest absolute Gasteiger partial charge is 0.314 e. The van der Waals surface area contributed by atoms with Crippen LogP contribution in [0.3, 0.4) is 0 Å². The molecular weight excluding hydrogens is 437 g/mol. The average Bonchev–Trinajstić information content (AvgIpc) is 2.36. The predicted molar refractivity (Wildman–Crippen MR) is 106 cm³/mol. The number of phenolic OH excluding ortho intramolecular Hbond substituents is 1. The molecule has 0 radical (unpaired) electrons. The molecule has 1 aromatic rings. The Labute approximate surface area is 173 Å². The number of hydrogen-bond donors (Lipinski definition) is 5. The van der Waals surface area contributed by atoms with Gasteiger partial charge < -0.3 is 24.7 Å². The molecule has 0 amide bonds. The third-order valence-corrected chi connectivity index (χ3v) is 3.32. The van der Waals surface area contributed by atoms with Crippen molar-refractivity contribution in [3.05, 3.63) is 28.8 Å². The molecule has 1 rings (SSSR count). The maximum absolute atomic E-state index is 10.6. The van der Waals surface area contributed by atoms with E-state index in [1.54, 1.807) is 0 Å². The van der Waals surface area contributed by atoms with Crippen LogP contribution in [0, 0.1) is 0 Å². The summed E-state index contributed by atoms with van der Waals surface area (Å²) in [6.45, 7) is 15.1. The van der Waals surface area contributed by atoms with Crippen LogP contribution in [-0.2, 0) is 42.9 Å². The summed E-state index contributed by atoms with van der Waals surface area (Å²) in [4.78, 5) is 28.6. The summed E-state index contributed by atoms with van der Waals surface area (Å²) >= 11 is 0. The molecule has 0 fully saturated rings. The summed E-state index contributed by atoms with van der Waals surface area (Å²) in [5.41, 5.74) is 3.43. The molecule has 27 heavy (non-hydrogen) atoms. The van der Waals surface area contributed by atoms with E-state index in [-0.39, 0.29) is 27.3 Å². The van der Waals surface area contributed by atoms with Crippen molar-refractivity contribution in [2.75, 3.05) is 0 Å². The summed E-state index contributed by atoms with van der Waals surface area (Å²) in [6.07, 6.45) is 2.21. The van der Waals surface area contributed by atoms with E-state index in [2.05, 4.69) is 60.6 Å². The molecule has 1 aromatic carbocycles. The van der Waals surface area contributed by atoms with Gasteiger partial charge in [0.2, 0.25) is 0 Å². The van der Waals surface area contributed by atoms with E-state index in [0.29, 0.717) is 5.75 Å². The van der Waals surface area contributed by atoms with E-state index < -0.39 is 16.5 Å². The number of aromatic hydroxyl groups is 1. The molecule has 10 heteroatoms. The molecule has 0 bridgehead atoms. The van der Waals surface area contributed by atoms with Crippen LogP contribution in [0.4, 0.5) is 0 Å². The van der Waals surface area contributed by atoms with E-state index >= 15 is 0 Å². The molecule has 0 spiro atoms. The van der Waals surface area contributed by atoms with Gasteiger partial charge in [-0.1, -0.05) is 67.0 Å². The zero-order valence-corrected chi connectivity index (χ0v) is 19.9. The standard InChI is InChI=1S/C17H28O.Ni.2H3O3P/c1-8-9-12-10-13(16(2,3)4)15(18)14(11-12)17(5,6)7;;2*1-4(2)3/h10-11,18H,8-9H2,1-7H3;;2*4H,(H2,1,2,3). The van der Waals surface area contributed by atoms with Crippen LogP contribution in [0.1, 0.15) is 71.6 Å². The number of hydrogen-bond acceptors (Lipinski definition) is 3. The average molecular weight is 471 g/mol. The van der Waals surface area contributed by atoms with Gasteiger partial charge in [-0.15, -0.1) is 0 Å². The summed E-state index contributed by atoms with van der Waals surface area (Å²) in [6, 6.07) is 4.35. The van der Waals surface area contributed by atoms with Gasteiger partial charge in [0.15, 0.2) is 0 Å². The van der Waals surface area contributed by atoms with Gasteiger partial charge in [0.1, 0.15) is 5.75 Å². The minimum atomic E-state index is -3.13. The first kappa shape index (κ1) is 31.5. The van der Waals surface area contributed by atoms with Crippen molar-refractivity contribution in [1.29, 1.82) is 0 Å². The molecule has 5 N–H and O–H groups in total. The fraction of sp³-hybridized carbons (Fsp3) is 0.647. The molecular formula is C17H34NiO7P2. The molecule has 0 unspecified atom stereocenters. The summed E-state index contributed by atoms with van der Waals surface area (Å²) < 4.78 is 17.5. The normalized spacial score (nSPS) is 11.1. The maximum Gasteiger partial charge on any atom is 0.314 e. The molecule has 0 atom stereocenters. The minimum Gasteiger partial charge on any atom is -0.507 e. The Morgan fingerprint density at radius 3 is 1.26 bits per heavy atom. The van der Waals surface area contributed by atoms with E-state index in [9.17, 15) is 5.11 Å². The fourth-order valence-electron chi connectivity index (χ4n) is 2.27. The quantitative estimate of drug-likeness (QED) is 0.328. The van der Waals surface area contributed by atoms with Crippen LogP contribution in [0.15, 0.2) is 12.1 Å². The number of rotatable bonds is 2. The Morgan fingerprint density at radius 1 is 0.815 bits per heavy atom. The summed E-state index contributed by atoms with van der Waals surface area (Å²) in [7, 11) is -6.26. The third-order valence-electron chi connectivity index (χ3n) is 3.32. The molecule has 0 aliphatic heterocycles. The molecule has 0 aliphatic rings. The van der Waals surface area contributed by atoms with Gasteiger partial charge in [-0.05, 0) is 33.9 Å². The Kier molecular flexibility index (Phi) is 16.2. The Hall–Kier alpha value is -0.186. The van der Waals surface area contributed by atoms with Crippen LogP contribution >= 0.6 is 16.5 Å². The first-order valence-corrected chi connectivity index (χ1v) is 10.8. The number of phenols is 1. The van der Waals surface area contributed by atoms with Crippen molar-refractivity contribution >= 4 is 16.5 Å². The molecule has 0 aromatic heterocycles. The van der Waals surface area contributed by atoms with Crippen LogP contribution in [-0.4, -0.2) is 24.7 Å². The van der Waals surface area contributed by atoms with Gasteiger partial charge in [-0.3, -0.25) is 9.13 Å². The summed E-state index contributed by atoms with van der Waals surface area (Å²) in [5.74, 6) is 0.481. The number of aryl methyl sites for hydroxylation is 1. The molecule has 0 heterocycles. The zero-order chi connectivity index (χ0) is 21.3. The van der Waals surface area contributed by atoms with Crippen LogP contribution in [0.2, 0.25) is 0 Å². The van der Waals surface area contributed by atoms with Crippen molar-refractivity contribution < 1.29 is 50.3 Å². The second-order valence-corrected chi connectivity index (χ2v) is 8.98. The second kappa shape index (κ2) is 13.9. The van der Waals surface area contributed by atoms with Gasteiger partial charge in [0.05, 0.1) is 0 Å². The van der Waals surface area contributed by atoms with E-state index in [0.717, 1.165) is 24.0 Å². The van der Waals surface area contributed by atoms with Crippen molar-refractivity contribution in [2.45, 2.75) is 72.1 Å². The van der Waals surface area contributed by atoms with Gasteiger partial charge in [0.25, 0.3) is 0 Å². The molecule has 0 saturated carbocycles. The van der Waals surface area contributed by atoms with Crippen LogP contribution in [0.5, 0.6) is 5.75 Å². The SMILES string of the molecule is CCCc1cc(C(C)(C)C)c(O)c(C(C)(C)C)c1.O=[PH](O)O.O=[PH](O)O.[Ni]. The molecule has 7 nitrogen and oxygen atoms in total. The fourth-order valence-corrected chi connectivity index (χ4v) is 2.27. The van der Waals surface area contributed by atoms with Gasteiger partial charge >= 0.3 is 16.5 Å². The summed E-state index contributed by atoms with van der Waals surface area (Å²) in [5, 5.41) is 10.6. The van der Waals surface area contributed by atoms with Gasteiger partial charge in [0, 0.05) is 16.5 Å². The largest absolute Gasteiger partial charge is 0.507 e. The van der Waals surface area contributed by atoms with Crippen molar-refractivity contribution in [1.82, 2.24) is 0 Å². The predicted octanol–water partition coefficient (Wildman–Crippen LogP) is 3.66. The number of benzene rings is 1. The van der Waals surface area contributed by atoms with E-state index in [4.69, 9.17) is 28.7 Å². The monoisotopic (exact) mass is 470 g/mol. The maximum atomic E-state index is 10.6. The van der Waals surface area contributed by atoms with E-state index in [1.807, 2.05) is 0 Å². The Balaban J connectivity index is -0.000000543. The van der Waals surface area contributed by atoms with Gasteiger partial charge in [-0.2, -0.15) is 0 Å². The van der Waals surface area contributed by atoms with Crippen LogP contribution in [0.25, 0.3) is 0 Å². The topological polar surface area (TPSA) is 135 Å². The third kappa shape index (κ3) is 15.4. The van der Waals surface area contributed by atoms with Crippen molar-refractivity contribution in [3.8, 4) is 5.75 Å².